The number of carbonyl (C=O) groups excluding carboxylic acids is 3. The van der Waals surface area contributed by atoms with Gasteiger partial charge >= 0.3 is 6.09 Å². The first-order valence-electron chi connectivity index (χ1n) is 8.38. The Morgan fingerprint density at radius 1 is 1.12 bits per heavy atom. The SMILES string of the molecule is CC(C)(C)OC(=O)NCCCCN1C(=O)C=C(c2ccccc2)C1=O. The van der Waals surface area contributed by atoms with E-state index in [1.165, 1.54) is 11.0 Å². The monoisotopic (exact) mass is 344 g/mol. The molecule has 134 valence electrons. The molecule has 1 aromatic carbocycles. The Bertz CT molecular complexity index is 674. The number of rotatable bonds is 6. The third-order valence-electron chi connectivity index (χ3n) is 3.57. The molecule has 0 aromatic heterocycles. The summed E-state index contributed by atoms with van der Waals surface area (Å²) < 4.78 is 5.14. The minimum atomic E-state index is -0.530. The van der Waals surface area contributed by atoms with Crippen LogP contribution in [0.2, 0.25) is 0 Å². The molecule has 0 saturated heterocycles. The van der Waals surface area contributed by atoms with Crippen molar-refractivity contribution in [2.24, 2.45) is 0 Å². The maximum Gasteiger partial charge on any atom is 0.407 e. The maximum absolute atomic E-state index is 12.4. The molecule has 3 amide bonds. The molecule has 0 spiro atoms. The highest BCUT2D eigenvalue weighted by Gasteiger charge is 2.31. The van der Waals surface area contributed by atoms with Crippen LogP contribution in [0.5, 0.6) is 0 Å². The number of nitrogens with zero attached hydrogens (tertiary/aromatic N) is 1. The zero-order valence-corrected chi connectivity index (χ0v) is 14.9. The molecule has 0 atom stereocenters. The summed E-state index contributed by atoms with van der Waals surface area (Å²) in [6.07, 6.45) is 2.19. The Hall–Kier alpha value is -2.63. The number of unbranched alkanes of at least 4 members (excludes halogenated alkanes) is 1. The molecule has 1 aliphatic rings. The molecular weight excluding hydrogens is 320 g/mol. The molecule has 1 N–H and O–H groups in total. The normalized spacial score (nSPS) is 14.5. The van der Waals surface area contributed by atoms with Gasteiger partial charge in [-0.15, -0.1) is 0 Å². The van der Waals surface area contributed by atoms with E-state index in [-0.39, 0.29) is 11.8 Å². The van der Waals surface area contributed by atoms with Gasteiger partial charge in [0.05, 0.1) is 5.57 Å². The van der Waals surface area contributed by atoms with Crippen LogP contribution in [0.4, 0.5) is 4.79 Å². The number of hydrogen-bond acceptors (Lipinski definition) is 4. The molecule has 0 aliphatic carbocycles. The van der Waals surface area contributed by atoms with Gasteiger partial charge in [-0.3, -0.25) is 14.5 Å². The van der Waals surface area contributed by atoms with Crippen molar-refractivity contribution in [2.45, 2.75) is 39.2 Å². The van der Waals surface area contributed by atoms with Crippen molar-refractivity contribution < 1.29 is 19.1 Å². The summed E-state index contributed by atoms with van der Waals surface area (Å²) in [5.74, 6) is -0.555. The third kappa shape index (κ3) is 5.45. The van der Waals surface area contributed by atoms with E-state index in [0.29, 0.717) is 31.5 Å². The van der Waals surface area contributed by atoms with Crippen molar-refractivity contribution in [1.29, 1.82) is 0 Å². The molecule has 1 heterocycles. The third-order valence-corrected chi connectivity index (χ3v) is 3.57. The predicted octanol–water partition coefficient (Wildman–Crippen LogP) is 2.74. The average Bonchev–Trinajstić information content (AvgIpc) is 2.81. The van der Waals surface area contributed by atoms with E-state index in [9.17, 15) is 14.4 Å². The van der Waals surface area contributed by atoms with Crippen LogP contribution < -0.4 is 5.32 Å². The Balaban J connectivity index is 1.75. The Kier molecular flexibility index (Phi) is 5.96. The lowest BCUT2D eigenvalue weighted by Gasteiger charge is -2.19. The minimum absolute atomic E-state index is 0.267. The average molecular weight is 344 g/mol. The molecule has 0 fully saturated rings. The lowest BCUT2D eigenvalue weighted by molar-refractivity contribution is -0.136. The van der Waals surface area contributed by atoms with Crippen molar-refractivity contribution in [1.82, 2.24) is 10.2 Å². The number of hydrogen-bond donors (Lipinski definition) is 1. The predicted molar refractivity (Wildman–Crippen MR) is 94.6 cm³/mol. The lowest BCUT2D eigenvalue weighted by Crippen LogP contribution is -2.34. The summed E-state index contributed by atoms with van der Waals surface area (Å²) in [5, 5.41) is 2.66. The van der Waals surface area contributed by atoms with Gasteiger partial charge in [0.15, 0.2) is 0 Å². The van der Waals surface area contributed by atoms with Crippen LogP contribution in [0.1, 0.15) is 39.2 Å². The van der Waals surface area contributed by atoms with E-state index in [0.717, 1.165) is 5.56 Å². The van der Waals surface area contributed by atoms with Gasteiger partial charge in [0.1, 0.15) is 5.60 Å². The van der Waals surface area contributed by atoms with Gasteiger partial charge in [0.25, 0.3) is 11.8 Å². The second-order valence-electron chi connectivity index (χ2n) is 6.85. The number of carbonyl (C=O) groups is 3. The second-order valence-corrected chi connectivity index (χ2v) is 6.85. The molecule has 2 rings (SSSR count). The molecule has 25 heavy (non-hydrogen) atoms. The maximum atomic E-state index is 12.4. The fraction of sp³-hybridized carbons (Fsp3) is 0.421. The van der Waals surface area contributed by atoms with E-state index in [1.807, 2.05) is 30.3 Å². The second kappa shape index (κ2) is 7.96. The Morgan fingerprint density at radius 3 is 2.44 bits per heavy atom. The summed E-state index contributed by atoms with van der Waals surface area (Å²) in [5.41, 5.74) is 0.644. The van der Waals surface area contributed by atoms with Gasteiger partial charge in [-0.05, 0) is 39.2 Å². The molecule has 6 nitrogen and oxygen atoms in total. The molecule has 1 aromatic rings. The highest BCUT2D eigenvalue weighted by molar-refractivity contribution is 6.33. The van der Waals surface area contributed by atoms with E-state index < -0.39 is 11.7 Å². The van der Waals surface area contributed by atoms with Gasteiger partial charge in [0, 0.05) is 19.2 Å². The van der Waals surface area contributed by atoms with Crippen LogP contribution in [-0.4, -0.2) is 41.5 Å². The highest BCUT2D eigenvalue weighted by Crippen LogP contribution is 2.23. The molecule has 0 bridgehead atoms. The van der Waals surface area contributed by atoms with E-state index in [2.05, 4.69) is 5.32 Å². The van der Waals surface area contributed by atoms with Crippen LogP contribution in [0.3, 0.4) is 0 Å². The van der Waals surface area contributed by atoms with Crippen molar-refractivity contribution >= 4 is 23.5 Å². The number of ether oxygens (including phenoxy) is 1. The van der Waals surface area contributed by atoms with E-state index in [1.54, 1.807) is 20.8 Å². The number of nitrogens with one attached hydrogen (secondary N) is 1. The molecular formula is C19H24N2O4. The van der Waals surface area contributed by atoms with Crippen LogP contribution >= 0.6 is 0 Å². The van der Waals surface area contributed by atoms with E-state index >= 15 is 0 Å². The van der Waals surface area contributed by atoms with Crippen LogP contribution in [-0.2, 0) is 14.3 Å². The highest BCUT2D eigenvalue weighted by atomic mass is 16.6. The standard InChI is InChI=1S/C19H24N2O4/c1-19(2,3)25-18(24)20-11-7-8-12-21-16(22)13-15(17(21)23)14-9-5-4-6-10-14/h4-6,9-10,13H,7-8,11-12H2,1-3H3,(H,20,24). The zero-order valence-electron chi connectivity index (χ0n) is 14.9. The first-order valence-corrected chi connectivity index (χ1v) is 8.38. The summed E-state index contributed by atoms with van der Waals surface area (Å²) >= 11 is 0. The number of alkyl carbamates (subject to hydrolysis) is 1. The van der Waals surface area contributed by atoms with Crippen molar-refractivity contribution in [3.05, 3.63) is 42.0 Å². The van der Waals surface area contributed by atoms with Crippen LogP contribution in [0.25, 0.3) is 5.57 Å². The zero-order chi connectivity index (χ0) is 18.4. The fourth-order valence-corrected chi connectivity index (χ4v) is 2.44. The minimum Gasteiger partial charge on any atom is -0.444 e. The molecule has 0 unspecified atom stereocenters. The van der Waals surface area contributed by atoms with Crippen LogP contribution in [0.15, 0.2) is 36.4 Å². The number of benzene rings is 1. The number of imide groups is 1. The van der Waals surface area contributed by atoms with Crippen molar-refractivity contribution in [2.75, 3.05) is 13.1 Å². The summed E-state index contributed by atoms with van der Waals surface area (Å²) in [7, 11) is 0. The van der Waals surface area contributed by atoms with Crippen molar-refractivity contribution in [3.8, 4) is 0 Å². The molecule has 1 aliphatic heterocycles. The number of amides is 3. The summed E-state index contributed by atoms with van der Waals surface area (Å²) in [6, 6.07) is 9.15. The smallest absolute Gasteiger partial charge is 0.407 e. The molecule has 0 radical (unpaired) electrons. The Labute approximate surface area is 147 Å². The van der Waals surface area contributed by atoms with Crippen LogP contribution in [0, 0.1) is 0 Å². The van der Waals surface area contributed by atoms with Gasteiger partial charge < -0.3 is 10.1 Å². The first kappa shape index (κ1) is 18.7. The summed E-state index contributed by atoms with van der Waals surface area (Å²) in [6.45, 7) is 6.17. The molecule has 6 heteroatoms. The first-order chi connectivity index (χ1) is 11.8. The Morgan fingerprint density at radius 2 is 1.80 bits per heavy atom. The summed E-state index contributed by atoms with van der Waals surface area (Å²) in [4.78, 5) is 37.2. The van der Waals surface area contributed by atoms with Gasteiger partial charge in [-0.25, -0.2) is 4.79 Å². The van der Waals surface area contributed by atoms with Gasteiger partial charge in [-0.2, -0.15) is 0 Å². The van der Waals surface area contributed by atoms with Gasteiger partial charge in [-0.1, -0.05) is 30.3 Å². The molecule has 0 saturated carbocycles. The largest absolute Gasteiger partial charge is 0.444 e. The van der Waals surface area contributed by atoms with E-state index in [4.69, 9.17) is 4.74 Å². The quantitative estimate of drug-likeness (QED) is 0.636. The lowest BCUT2D eigenvalue weighted by atomic mass is 10.1. The van der Waals surface area contributed by atoms with Gasteiger partial charge in [0.2, 0.25) is 0 Å². The van der Waals surface area contributed by atoms with Crippen molar-refractivity contribution in [3.63, 3.8) is 0 Å². The fourth-order valence-electron chi connectivity index (χ4n) is 2.44. The topological polar surface area (TPSA) is 75.7 Å².